The van der Waals surface area contributed by atoms with Crippen molar-refractivity contribution in [3.8, 4) is 0 Å². The maximum absolute atomic E-state index is 12.5. The van der Waals surface area contributed by atoms with Gasteiger partial charge in [0.15, 0.2) is 10.8 Å². The third-order valence-corrected chi connectivity index (χ3v) is 6.75. The van der Waals surface area contributed by atoms with Gasteiger partial charge < -0.3 is 5.11 Å². The number of carbonyl (C=O) groups excluding carboxylic acids is 1. The molecule has 3 atom stereocenters. The number of aryl methyl sites for hydroxylation is 1. The minimum atomic E-state index is -0.402. The van der Waals surface area contributed by atoms with Crippen molar-refractivity contribution in [2.24, 2.45) is 0 Å². The largest absolute Gasteiger partial charge is 0.391 e. The fraction of sp³-hybridized carbons (Fsp3) is 0.400. The molecule has 1 saturated carbocycles. The summed E-state index contributed by atoms with van der Waals surface area (Å²) in [6.07, 6.45) is 5.78. The molecule has 7 nitrogen and oxygen atoms in total. The van der Waals surface area contributed by atoms with Crippen LogP contribution in [0.25, 0.3) is 0 Å². The minimum Gasteiger partial charge on any atom is -0.391 e. The van der Waals surface area contributed by atoms with Gasteiger partial charge in [-0.1, -0.05) is 35.5 Å². The third-order valence-electron chi connectivity index (χ3n) is 5.72. The molecule has 1 amide bonds. The molecule has 2 N–H and O–H groups in total. The number of nitrogens with one attached hydrogen (secondary N) is 1. The molecule has 1 unspecified atom stereocenters. The van der Waals surface area contributed by atoms with E-state index in [1.807, 2.05) is 6.07 Å². The second-order valence-electron chi connectivity index (χ2n) is 7.49. The highest BCUT2D eigenvalue weighted by Crippen LogP contribution is 2.37. The monoisotopic (exact) mass is 395 g/mol. The van der Waals surface area contributed by atoms with Gasteiger partial charge in [-0.05, 0) is 43.6 Å². The summed E-state index contributed by atoms with van der Waals surface area (Å²) in [5, 5.41) is 21.2. The van der Waals surface area contributed by atoms with Gasteiger partial charge in [0.25, 0.3) is 5.91 Å². The molecule has 2 aliphatic rings. The first-order valence-corrected chi connectivity index (χ1v) is 10.4. The molecule has 0 spiro atoms. The zero-order chi connectivity index (χ0) is 19.1. The van der Waals surface area contributed by atoms with Crippen molar-refractivity contribution in [3.63, 3.8) is 0 Å². The Bertz CT molecular complexity index is 999. The summed E-state index contributed by atoms with van der Waals surface area (Å²) in [7, 11) is 0. The lowest BCUT2D eigenvalue weighted by molar-refractivity contribution is 0.0244. The van der Waals surface area contributed by atoms with E-state index >= 15 is 0 Å². The van der Waals surface area contributed by atoms with Crippen molar-refractivity contribution >= 4 is 22.4 Å². The van der Waals surface area contributed by atoms with Crippen LogP contribution in [0.4, 0.5) is 5.13 Å². The van der Waals surface area contributed by atoms with E-state index in [0.29, 0.717) is 11.0 Å². The van der Waals surface area contributed by atoms with E-state index in [2.05, 4.69) is 44.9 Å². The van der Waals surface area contributed by atoms with Crippen molar-refractivity contribution in [2.75, 3.05) is 5.32 Å². The van der Waals surface area contributed by atoms with Crippen molar-refractivity contribution in [2.45, 2.75) is 50.2 Å². The van der Waals surface area contributed by atoms with Crippen LogP contribution in [0, 0.1) is 0 Å². The highest BCUT2D eigenvalue weighted by atomic mass is 32.1. The molecule has 0 bridgehead atoms. The first kappa shape index (κ1) is 17.5. The van der Waals surface area contributed by atoms with Crippen molar-refractivity contribution in [3.05, 3.63) is 58.4 Å². The van der Waals surface area contributed by atoms with E-state index in [0.717, 1.165) is 37.8 Å². The SMILES string of the molecule is O=C(Nc1nc2c(s1)CC(c1ccccc1)CC2)c1cn([C@@H]2CC[C@H]2O)nn1. The number of hydrogen-bond donors (Lipinski definition) is 2. The molecule has 0 aliphatic heterocycles. The van der Waals surface area contributed by atoms with Crippen LogP contribution in [0.5, 0.6) is 0 Å². The average Bonchev–Trinajstić information content (AvgIpc) is 3.33. The number of rotatable bonds is 4. The van der Waals surface area contributed by atoms with Gasteiger partial charge in [0.05, 0.1) is 24.0 Å². The smallest absolute Gasteiger partial charge is 0.279 e. The number of nitrogens with zero attached hydrogens (tertiary/aromatic N) is 4. The third kappa shape index (κ3) is 3.22. The molecule has 8 heteroatoms. The van der Waals surface area contributed by atoms with Gasteiger partial charge in [0.1, 0.15) is 0 Å². The van der Waals surface area contributed by atoms with Gasteiger partial charge in [-0.15, -0.1) is 16.4 Å². The Labute approximate surface area is 166 Å². The fourth-order valence-corrected chi connectivity index (χ4v) is 5.00. The predicted octanol–water partition coefficient (Wildman–Crippen LogP) is 2.96. The Kier molecular flexibility index (Phi) is 4.44. The normalized spacial score (nSPS) is 23.7. The van der Waals surface area contributed by atoms with E-state index in [1.54, 1.807) is 22.2 Å². The van der Waals surface area contributed by atoms with Crippen molar-refractivity contribution in [1.82, 2.24) is 20.0 Å². The zero-order valence-corrected chi connectivity index (χ0v) is 16.1. The molecule has 5 rings (SSSR count). The van der Waals surface area contributed by atoms with Crippen LogP contribution in [0.1, 0.15) is 57.8 Å². The van der Waals surface area contributed by atoms with E-state index in [1.165, 1.54) is 10.4 Å². The van der Waals surface area contributed by atoms with E-state index < -0.39 is 6.10 Å². The highest BCUT2D eigenvalue weighted by molar-refractivity contribution is 7.15. The van der Waals surface area contributed by atoms with E-state index in [-0.39, 0.29) is 17.6 Å². The van der Waals surface area contributed by atoms with Gasteiger partial charge in [0, 0.05) is 4.88 Å². The lowest BCUT2D eigenvalue weighted by Crippen LogP contribution is -2.34. The summed E-state index contributed by atoms with van der Waals surface area (Å²) in [5.74, 6) is 0.192. The Morgan fingerprint density at radius 1 is 1.21 bits per heavy atom. The molecule has 2 aliphatic carbocycles. The summed E-state index contributed by atoms with van der Waals surface area (Å²) in [4.78, 5) is 18.4. The number of carbonyl (C=O) groups is 1. The number of benzene rings is 1. The van der Waals surface area contributed by atoms with Crippen LogP contribution < -0.4 is 5.32 Å². The Morgan fingerprint density at radius 2 is 2.07 bits per heavy atom. The number of amides is 1. The number of aliphatic hydroxyl groups is 1. The quantitative estimate of drug-likeness (QED) is 0.708. The standard InChI is InChI=1S/C20H21N5O2S/c26-17-9-8-16(17)25-11-15(23-24-25)19(27)22-20-21-14-7-6-13(10-18(14)28-20)12-4-2-1-3-5-12/h1-5,11,13,16-17,26H,6-10H2,(H,21,22,27)/t13?,16-,17-/m1/s1. The molecule has 1 fully saturated rings. The summed E-state index contributed by atoms with van der Waals surface area (Å²) < 4.78 is 1.58. The van der Waals surface area contributed by atoms with Gasteiger partial charge in [-0.2, -0.15) is 0 Å². The van der Waals surface area contributed by atoms with Crippen LogP contribution in [0.15, 0.2) is 36.5 Å². The number of hydrogen-bond acceptors (Lipinski definition) is 6. The molecule has 28 heavy (non-hydrogen) atoms. The molecular weight excluding hydrogens is 374 g/mol. The molecule has 2 heterocycles. The van der Waals surface area contributed by atoms with Gasteiger partial charge in [-0.3, -0.25) is 10.1 Å². The lowest BCUT2D eigenvalue weighted by atomic mass is 9.85. The molecule has 1 aromatic carbocycles. The second kappa shape index (κ2) is 7.10. The number of aromatic nitrogens is 4. The zero-order valence-electron chi connectivity index (χ0n) is 15.3. The van der Waals surface area contributed by atoms with E-state index in [9.17, 15) is 9.90 Å². The van der Waals surface area contributed by atoms with Gasteiger partial charge >= 0.3 is 0 Å². The lowest BCUT2D eigenvalue weighted by Gasteiger charge is -2.31. The summed E-state index contributed by atoms with van der Waals surface area (Å²) in [6, 6.07) is 10.5. The van der Waals surface area contributed by atoms with Crippen molar-refractivity contribution < 1.29 is 9.90 Å². The van der Waals surface area contributed by atoms with Crippen LogP contribution in [-0.2, 0) is 12.8 Å². The summed E-state index contributed by atoms with van der Waals surface area (Å²) >= 11 is 1.55. The second-order valence-corrected chi connectivity index (χ2v) is 8.57. The highest BCUT2D eigenvalue weighted by Gasteiger charge is 2.32. The Balaban J connectivity index is 1.27. The fourth-order valence-electron chi connectivity index (χ4n) is 3.92. The van der Waals surface area contributed by atoms with Crippen LogP contribution >= 0.6 is 11.3 Å². The maximum Gasteiger partial charge on any atom is 0.279 e. The topological polar surface area (TPSA) is 92.9 Å². The van der Waals surface area contributed by atoms with Gasteiger partial charge in [0.2, 0.25) is 0 Å². The van der Waals surface area contributed by atoms with Crippen LogP contribution in [-0.4, -0.2) is 37.1 Å². The Hall–Kier alpha value is -2.58. The summed E-state index contributed by atoms with van der Waals surface area (Å²) in [6.45, 7) is 0. The van der Waals surface area contributed by atoms with Crippen molar-refractivity contribution in [1.29, 1.82) is 0 Å². The average molecular weight is 395 g/mol. The van der Waals surface area contributed by atoms with Crippen LogP contribution in [0.2, 0.25) is 0 Å². The van der Waals surface area contributed by atoms with E-state index in [4.69, 9.17) is 0 Å². The first-order valence-electron chi connectivity index (χ1n) is 9.62. The molecule has 0 radical (unpaired) electrons. The molecule has 144 valence electrons. The number of fused-ring (bicyclic) bond motifs is 1. The first-order chi connectivity index (χ1) is 13.7. The summed E-state index contributed by atoms with van der Waals surface area (Å²) in [5.41, 5.74) is 2.70. The minimum absolute atomic E-state index is 0.0730. The van der Waals surface area contributed by atoms with Gasteiger partial charge in [-0.25, -0.2) is 9.67 Å². The molecule has 3 aromatic rings. The van der Waals surface area contributed by atoms with Crippen LogP contribution in [0.3, 0.4) is 0 Å². The Morgan fingerprint density at radius 3 is 2.82 bits per heavy atom. The molecule has 2 aromatic heterocycles. The molecular formula is C20H21N5O2S. The number of thiazole rings is 1. The number of anilines is 1. The number of aliphatic hydroxyl groups excluding tert-OH is 1. The predicted molar refractivity (Wildman–Crippen MR) is 106 cm³/mol. The maximum atomic E-state index is 12.5. The molecule has 0 saturated heterocycles.